The maximum atomic E-state index is 12.8. The Morgan fingerprint density at radius 3 is 2.33 bits per heavy atom. The van der Waals surface area contributed by atoms with Crippen LogP contribution in [-0.4, -0.2) is 5.11 Å². The lowest BCUT2D eigenvalue weighted by Gasteiger charge is -2.17. The second-order valence-corrected chi connectivity index (χ2v) is 4.74. The van der Waals surface area contributed by atoms with Crippen molar-refractivity contribution in [2.75, 3.05) is 0 Å². The van der Waals surface area contributed by atoms with E-state index >= 15 is 0 Å². The molecule has 1 atom stereocenters. The number of benzene rings is 1. The van der Waals surface area contributed by atoms with Gasteiger partial charge in [0.25, 0.3) is 0 Å². The SMILES string of the molecule is Cc1cscc1C(O)c1ccccc1C(F)(F)F. The van der Waals surface area contributed by atoms with E-state index in [0.717, 1.165) is 11.6 Å². The summed E-state index contributed by atoms with van der Waals surface area (Å²) < 4.78 is 38.5. The fourth-order valence-corrected chi connectivity index (χ4v) is 2.68. The number of rotatable bonds is 2. The molecule has 0 fully saturated rings. The molecule has 1 aromatic carbocycles. The van der Waals surface area contributed by atoms with Gasteiger partial charge in [-0.15, -0.1) is 0 Å². The third-order valence-electron chi connectivity index (χ3n) is 2.75. The van der Waals surface area contributed by atoms with Gasteiger partial charge in [-0.2, -0.15) is 24.5 Å². The van der Waals surface area contributed by atoms with Crippen LogP contribution in [-0.2, 0) is 6.18 Å². The predicted octanol–water partition coefficient (Wildman–Crippen LogP) is 4.16. The van der Waals surface area contributed by atoms with Crippen molar-refractivity contribution in [2.45, 2.75) is 19.2 Å². The molecule has 0 aliphatic rings. The molecule has 0 aliphatic carbocycles. The van der Waals surface area contributed by atoms with Gasteiger partial charge in [-0.05, 0) is 40.4 Å². The average Bonchev–Trinajstić information content (AvgIpc) is 2.73. The lowest BCUT2D eigenvalue weighted by atomic mass is 9.96. The molecular weight excluding hydrogens is 261 g/mol. The molecule has 1 nitrogen and oxygen atoms in total. The molecular formula is C13H11F3OS. The number of hydrogen-bond donors (Lipinski definition) is 1. The lowest BCUT2D eigenvalue weighted by Crippen LogP contribution is -2.12. The normalized spacial score (nSPS) is 13.6. The quantitative estimate of drug-likeness (QED) is 0.870. The molecule has 0 aliphatic heterocycles. The summed E-state index contributed by atoms with van der Waals surface area (Å²) in [5.74, 6) is 0. The zero-order chi connectivity index (χ0) is 13.3. The van der Waals surface area contributed by atoms with Gasteiger partial charge in [0.2, 0.25) is 0 Å². The van der Waals surface area contributed by atoms with Crippen molar-refractivity contribution in [1.29, 1.82) is 0 Å². The maximum absolute atomic E-state index is 12.8. The zero-order valence-corrected chi connectivity index (χ0v) is 10.3. The highest BCUT2D eigenvalue weighted by Crippen LogP contribution is 2.37. The lowest BCUT2D eigenvalue weighted by molar-refractivity contribution is -0.139. The topological polar surface area (TPSA) is 20.2 Å². The number of aliphatic hydroxyl groups is 1. The number of aliphatic hydroxyl groups excluding tert-OH is 1. The van der Waals surface area contributed by atoms with Gasteiger partial charge in [-0.3, -0.25) is 0 Å². The number of halogens is 3. The molecule has 0 spiro atoms. The molecule has 1 N–H and O–H groups in total. The number of alkyl halides is 3. The largest absolute Gasteiger partial charge is 0.416 e. The number of aryl methyl sites for hydroxylation is 1. The van der Waals surface area contributed by atoms with Gasteiger partial charge in [-0.1, -0.05) is 18.2 Å². The highest BCUT2D eigenvalue weighted by molar-refractivity contribution is 7.08. The van der Waals surface area contributed by atoms with E-state index in [0.29, 0.717) is 5.56 Å². The van der Waals surface area contributed by atoms with Gasteiger partial charge in [-0.25, -0.2) is 0 Å². The first-order valence-electron chi connectivity index (χ1n) is 5.28. The number of thiophene rings is 1. The van der Waals surface area contributed by atoms with Gasteiger partial charge in [0.15, 0.2) is 0 Å². The second-order valence-electron chi connectivity index (χ2n) is 4.00. The predicted molar refractivity (Wildman–Crippen MR) is 64.6 cm³/mol. The molecule has 0 radical (unpaired) electrons. The van der Waals surface area contributed by atoms with Gasteiger partial charge in [0, 0.05) is 0 Å². The van der Waals surface area contributed by atoms with Crippen LogP contribution >= 0.6 is 11.3 Å². The highest BCUT2D eigenvalue weighted by Gasteiger charge is 2.35. The number of hydrogen-bond acceptors (Lipinski definition) is 2. The minimum absolute atomic E-state index is 0.105. The summed E-state index contributed by atoms with van der Waals surface area (Å²) in [6.07, 6.45) is -5.70. The molecule has 1 aromatic heterocycles. The van der Waals surface area contributed by atoms with Gasteiger partial charge >= 0.3 is 6.18 Å². The van der Waals surface area contributed by atoms with E-state index in [-0.39, 0.29) is 5.56 Å². The minimum atomic E-state index is -4.46. The fourth-order valence-electron chi connectivity index (χ4n) is 1.81. The van der Waals surface area contributed by atoms with Crippen LogP contribution in [0.4, 0.5) is 13.2 Å². The van der Waals surface area contributed by atoms with Crippen LogP contribution in [0.15, 0.2) is 35.0 Å². The molecule has 2 rings (SSSR count). The van der Waals surface area contributed by atoms with Crippen LogP contribution < -0.4 is 0 Å². The fraction of sp³-hybridized carbons (Fsp3) is 0.231. The van der Waals surface area contributed by atoms with Crippen molar-refractivity contribution in [3.8, 4) is 0 Å². The van der Waals surface area contributed by atoms with Crippen molar-refractivity contribution in [3.05, 3.63) is 57.3 Å². The Hall–Kier alpha value is -1.33. The molecule has 2 aromatic rings. The third-order valence-corrected chi connectivity index (χ3v) is 3.63. The van der Waals surface area contributed by atoms with E-state index < -0.39 is 17.8 Å². The van der Waals surface area contributed by atoms with Gasteiger partial charge < -0.3 is 5.11 Å². The summed E-state index contributed by atoms with van der Waals surface area (Å²) in [6.45, 7) is 1.77. The van der Waals surface area contributed by atoms with Crippen LogP contribution in [0.1, 0.15) is 28.4 Å². The Bertz CT molecular complexity index is 545. The first-order valence-corrected chi connectivity index (χ1v) is 6.22. The summed E-state index contributed by atoms with van der Waals surface area (Å²) in [6, 6.07) is 5.11. The smallest absolute Gasteiger partial charge is 0.384 e. The highest BCUT2D eigenvalue weighted by atomic mass is 32.1. The molecule has 18 heavy (non-hydrogen) atoms. The first-order chi connectivity index (χ1) is 8.41. The molecule has 0 saturated carbocycles. The van der Waals surface area contributed by atoms with E-state index in [1.165, 1.54) is 29.5 Å². The summed E-state index contributed by atoms with van der Waals surface area (Å²) in [5, 5.41) is 13.6. The molecule has 96 valence electrons. The standard InChI is InChI=1S/C13H11F3OS/c1-8-6-18-7-10(8)12(17)9-4-2-3-5-11(9)13(14,15)16/h2-7,12,17H,1H3. The minimum Gasteiger partial charge on any atom is -0.384 e. The molecule has 0 saturated heterocycles. The average molecular weight is 272 g/mol. The second kappa shape index (κ2) is 4.74. The Balaban J connectivity index is 2.49. The molecule has 5 heteroatoms. The van der Waals surface area contributed by atoms with E-state index in [9.17, 15) is 18.3 Å². The van der Waals surface area contributed by atoms with Gasteiger partial charge in [0.1, 0.15) is 6.10 Å². The Kier molecular flexibility index (Phi) is 3.45. The van der Waals surface area contributed by atoms with Gasteiger partial charge in [0.05, 0.1) is 5.56 Å². The van der Waals surface area contributed by atoms with Crippen molar-refractivity contribution in [1.82, 2.24) is 0 Å². The van der Waals surface area contributed by atoms with E-state index in [1.807, 2.05) is 0 Å². The zero-order valence-electron chi connectivity index (χ0n) is 9.53. The molecule has 1 unspecified atom stereocenters. The first kappa shape index (κ1) is 13.1. The van der Waals surface area contributed by atoms with Crippen LogP contribution in [0.5, 0.6) is 0 Å². The third kappa shape index (κ3) is 2.42. The van der Waals surface area contributed by atoms with E-state index in [1.54, 1.807) is 17.7 Å². The molecule has 0 amide bonds. The Labute approximate surface area is 107 Å². The maximum Gasteiger partial charge on any atom is 0.416 e. The van der Waals surface area contributed by atoms with E-state index in [4.69, 9.17) is 0 Å². The molecule has 0 bridgehead atoms. The van der Waals surface area contributed by atoms with Crippen molar-refractivity contribution in [3.63, 3.8) is 0 Å². The van der Waals surface area contributed by atoms with Crippen molar-refractivity contribution in [2.24, 2.45) is 0 Å². The summed E-state index contributed by atoms with van der Waals surface area (Å²) in [5.41, 5.74) is 0.427. The van der Waals surface area contributed by atoms with Crippen LogP contribution in [0.2, 0.25) is 0 Å². The molecule has 1 heterocycles. The van der Waals surface area contributed by atoms with Crippen LogP contribution in [0, 0.1) is 6.92 Å². The monoisotopic (exact) mass is 272 g/mol. The summed E-state index contributed by atoms with van der Waals surface area (Å²) >= 11 is 1.36. The van der Waals surface area contributed by atoms with Crippen molar-refractivity contribution < 1.29 is 18.3 Å². The Morgan fingerprint density at radius 1 is 1.11 bits per heavy atom. The van der Waals surface area contributed by atoms with Crippen molar-refractivity contribution >= 4 is 11.3 Å². The summed E-state index contributed by atoms with van der Waals surface area (Å²) in [4.78, 5) is 0. The Morgan fingerprint density at radius 2 is 1.78 bits per heavy atom. The van der Waals surface area contributed by atoms with Crippen LogP contribution in [0.25, 0.3) is 0 Å². The van der Waals surface area contributed by atoms with E-state index in [2.05, 4.69) is 0 Å². The van der Waals surface area contributed by atoms with Crippen LogP contribution in [0.3, 0.4) is 0 Å². The summed E-state index contributed by atoms with van der Waals surface area (Å²) in [7, 11) is 0.